The van der Waals surface area contributed by atoms with Crippen LogP contribution in [0.15, 0.2) is 24.3 Å². The summed E-state index contributed by atoms with van der Waals surface area (Å²) in [5, 5.41) is 4.10. The van der Waals surface area contributed by atoms with Crippen molar-refractivity contribution >= 4 is 23.6 Å². The van der Waals surface area contributed by atoms with Crippen LogP contribution in [0.2, 0.25) is 0 Å². The first-order chi connectivity index (χ1) is 11.6. The van der Waals surface area contributed by atoms with E-state index in [2.05, 4.69) is 10.1 Å². The smallest absolute Gasteiger partial charge is 0.418 e. The molecule has 2 N–H and O–H groups in total. The highest BCUT2D eigenvalue weighted by molar-refractivity contribution is 5.95. The second-order valence-corrected chi connectivity index (χ2v) is 5.03. The number of benzene rings is 1. The quantitative estimate of drug-likeness (QED) is 0.807. The molecule has 1 rings (SSSR count). The third-order valence-electron chi connectivity index (χ3n) is 2.85. The Balaban J connectivity index is 2.57. The Labute approximate surface area is 142 Å². The molecular weight excluding hydrogens is 343 g/mol. The largest absolute Gasteiger partial charge is 0.450 e. The molecule has 0 saturated heterocycles. The van der Waals surface area contributed by atoms with E-state index in [0.29, 0.717) is 0 Å². The van der Waals surface area contributed by atoms with Gasteiger partial charge in [-0.1, -0.05) is 12.1 Å². The molecule has 1 aromatic carbocycles. The standard InChI is InChI=1S/C15H18F3N3O4/c1-3-25-14(24)20-13(23)9-21(2)8-12(22)19-11-7-5-4-6-10(11)15(16,17)18/h4-7H,3,8-9H2,1-2H3,(H,19,22)(H,20,23,24). The minimum absolute atomic E-state index is 0.0932. The number of likely N-dealkylation sites (N-methyl/N-ethyl adjacent to an activating group) is 1. The molecule has 0 heterocycles. The Morgan fingerprint density at radius 2 is 1.72 bits per heavy atom. The van der Waals surface area contributed by atoms with Crippen LogP contribution in [0.5, 0.6) is 0 Å². The van der Waals surface area contributed by atoms with Crippen LogP contribution in [0.1, 0.15) is 12.5 Å². The highest BCUT2D eigenvalue weighted by Crippen LogP contribution is 2.34. The molecule has 0 fully saturated rings. The van der Waals surface area contributed by atoms with Gasteiger partial charge in [0, 0.05) is 0 Å². The number of carbonyl (C=O) groups is 3. The van der Waals surface area contributed by atoms with Gasteiger partial charge in [-0.3, -0.25) is 19.8 Å². The minimum Gasteiger partial charge on any atom is -0.450 e. The number of nitrogens with zero attached hydrogens (tertiary/aromatic N) is 1. The SMILES string of the molecule is CCOC(=O)NC(=O)CN(C)CC(=O)Nc1ccccc1C(F)(F)F. The highest BCUT2D eigenvalue weighted by Gasteiger charge is 2.33. The summed E-state index contributed by atoms with van der Waals surface area (Å²) in [4.78, 5) is 35.7. The molecular formula is C15H18F3N3O4. The van der Waals surface area contributed by atoms with Crippen LogP contribution >= 0.6 is 0 Å². The molecule has 10 heteroatoms. The fraction of sp³-hybridized carbons (Fsp3) is 0.400. The zero-order chi connectivity index (χ0) is 19.0. The van der Waals surface area contributed by atoms with Gasteiger partial charge in [0.1, 0.15) is 0 Å². The normalized spacial score (nSPS) is 11.1. The number of carbonyl (C=O) groups excluding carboxylic acids is 3. The van der Waals surface area contributed by atoms with Crippen molar-refractivity contribution in [3.63, 3.8) is 0 Å². The molecule has 3 amide bonds. The predicted molar refractivity (Wildman–Crippen MR) is 82.7 cm³/mol. The summed E-state index contributed by atoms with van der Waals surface area (Å²) in [5.41, 5.74) is -1.34. The van der Waals surface area contributed by atoms with Gasteiger partial charge in [0.2, 0.25) is 11.8 Å². The summed E-state index contributed by atoms with van der Waals surface area (Å²) in [6, 6.07) is 4.56. The van der Waals surface area contributed by atoms with E-state index < -0.39 is 29.6 Å². The molecule has 0 bridgehead atoms. The number of amides is 3. The number of imide groups is 1. The number of nitrogens with one attached hydrogen (secondary N) is 2. The first-order valence-electron chi connectivity index (χ1n) is 7.24. The van der Waals surface area contributed by atoms with E-state index in [1.807, 2.05) is 5.32 Å². The lowest BCUT2D eigenvalue weighted by Crippen LogP contribution is -2.41. The molecule has 0 unspecified atom stereocenters. The lowest BCUT2D eigenvalue weighted by atomic mass is 10.1. The molecule has 0 spiro atoms. The summed E-state index contributed by atoms with van der Waals surface area (Å²) < 4.78 is 43.1. The van der Waals surface area contributed by atoms with E-state index in [0.717, 1.165) is 12.1 Å². The molecule has 0 aliphatic carbocycles. The molecule has 0 aliphatic rings. The molecule has 7 nitrogen and oxygen atoms in total. The number of rotatable bonds is 6. The average molecular weight is 361 g/mol. The highest BCUT2D eigenvalue weighted by atomic mass is 19.4. The fourth-order valence-corrected chi connectivity index (χ4v) is 1.90. The Hall–Kier alpha value is -2.62. The van der Waals surface area contributed by atoms with Crippen molar-refractivity contribution in [1.82, 2.24) is 10.2 Å². The average Bonchev–Trinajstić information content (AvgIpc) is 2.45. The minimum atomic E-state index is -4.60. The van der Waals surface area contributed by atoms with E-state index >= 15 is 0 Å². The maximum absolute atomic E-state index is 12.9. The number of hydrogen-bond acceptors (Lipinski definition) is 5. The van der Waals surface area contributed by atoms with Crippen LogP contribution in [0.4, 0.5) is 23.7 Å². The maximum Gasteiger partial charge on any atom is 0.418 e. The maximum atomic E-state index is 12.9. The van der Waals surface area contributed by atoms with E-state index in [4.69, 9.17) is 0 Å². The van der Waals surface area contributed by atoms with E-state index in [1.54, 1.807) is 6.92 Å². The third-order valence-corrected chi connectivity index (χ3v) is 2.85. The van der Waals surface area contributed by atoms with E-state index in [9.17, 15) is 27.6 Å². The number of ether oxygens (including phenoxy) is 1. The van der Waals surface area contributed by atoms with Gasteiger partial charge in [-0.05, 0) is 26.1 Å². The molecule has 0 saturated carbocycles. The molecule has 0 radical (unpaired) electrons. The number of alkyl halides is 3. The Bertz CT molecular complexity index is 635. The van der Waals surface area contributed by atoms with Crippen LogP contribution in [0, 0.1) is 0 Å². The van der Waals surface area contributed by atoms with Gasteiger partial charge in [-0.2, -0.15) is 13.2 Å². The number of para-hydroxylation sites is 1. The molecule has 0 atom stereocenters. The van der Waals surface area contributed by atoms with Crippen LogP contribution in [0.25, 0.3) is 0 Å². The number of anilines is 1. The third kappa shape index (κ3) is 7.21. The first-order valence-corrected chi connectivity index (χ1v) is 7.24. The van der Waals surface area contributed by atoms with Crippen molar-refractivity contribution < 1.29 is 32.3 Å². The van der Waals surface area contributed by atoms with E-state index in [1.165, 1.54) is 24.1 Å². The number of halogens is 3. The van der Waals surface area contributed by atoms with Crippen molar-refractivity contribution in [2.45, 2.75) is 13.1 Å². The molecule has 0 aliphatic heterocycles. The number of alkyl carbamates (subject to hydrolysis) is 1. The van der Waals surface area contributed by atoms with Crippen molar-refractivity contribution in [2.24, 2.45) is 0 Å². The van der Waals surface area contributed by atoms with Gasteiger partial charge in [-0.15, -0.1) is 0 Å². The summed E-state index contributed by atoms with van der Waals surface area (Å²) >= 11 is 0. The lowest BCUT2D eigenvalue weighted by Gasteiger charge is -2.17. The second kappa shape index (κ2) is 9.02. The van der Waals surface area contributed by atoms with Crippen LogP contribution < -0.4 is 10.6 Å². The first kappa shape index (κ1) is 20.4. The second-order valence-electron chi connectivity index (χ2n) is 5.03. The van der Waals surface area contributed by atoms with Crippen molar-refractivity contribution in [1.29, 1.82) is 0 Å². The zero-order valence-corrected chi connectivity index (χ0v) is 13.6. The van der Waals surface area contributed by atoms with Gasteiger partial charge in [-0.25, -0.2) is 4.79 Å². The summed E-state index contributed by atoms with van der Waals surface area (Å²) in [6.07, 6.45) is -5.51. The van der Waals surface area contributed by atoms with Gasteiger partial charge < -0.3 is 10.1 Å². The van der Waals surface area contributed by atoms with Gasteiger partial charge >= 0.3 is 12.3 Å². The van der Waals surface area contributed by atoms with Crippen LogP contribution in [-0.2, 0) is 20.5 Å². The van der Waals surface area contributed by atoms with E-state index in [-0.39, 0.29) is 25.4 Å². The van der Waals surface area contributed by atoms with Crippen molar-refractivity contribution in [3.8, 4) is 0 Å². The molecule has 1 aromatic rings. The van der Waals surface area contributed by atoms with Gasteiger partial charge in [0.15, 0.2) is 0 Å². The predicted octanol–water partition coefficient (Wildman–Crippen LogP) is 1.85. The van der Waals surface area contributed by atoms with Crippen molar-refractivity contribution in [2.75, 3.05) is 32.1 Å². The zero-order valence-electron chi connectivity index (χ0n) is 13.6. The summed E-state index contributed by atoms with van der Waals surface area (Å²) in [6.45, 7) is 1.00. The van der Waals surface area contributed by atoms with Gasteiger partial charge in [0.05, 0.1) is 30.9 Å². The Kier molecular flexibility index (Phi) is 7.37. The van der Waals surface area contributed by atoms with Crippen molar-refractivity contribution in [3.05, 3.63) is 29.8 Å². The Morgan fingerprint density at radius 3 is 2.32 bits per heavy atom. The summed E-state index contributed by atoms with van der Waals surface area (Å²) in [7, 11) is 1.40. The molecule has 138 valence electrons. The number of hydrogen-bond donors (Lipinski definition) is 2. The monoisotopic (exact) mass is 361 g/mol. The van der Waals surface area contributed by atoms with Gasteiger partial charge in [0.25, 0.3) is 0 Å². The lowest BCUT2D eigenvalue weighted by molar-refractivity contribution is -0.137. The van der Waals surface area contributed by atoms with Crippen LogP contribution in [-0.4, -0.2) is 49.6 Å². The Morgan fingerprint density at radius 1 is 1.12 bits per heavy atom. The fourth-order valence-electron chi connectivity index (χ4n) is 1.90. The summed E-state index contributed by atoms with van der Waals surface area (Å²) in [5.74, 6) is -1.44. The van der Waals surface area contributed by atoms with Crippen LogP contribution in [0.3, 0.4) is 0 Å². The molecule has 25 heavy (non-hydrogen) atoms. The molecule has 0 aromatic heterocycles. The topological polar surface area (TPSA) is 87.7 Å².